The standard InChI is InChI=1S/C12H17N3O3S2/c1-2-20(17,18)15-10-5-3-9(4-6-10)14-12(16)11-7-19-8-13-11/h3-6,11,13,15H,2,7-8H2,1H3,(H,14,16). The highest BCUT2D eigenvalue weighted by Crippen LogP contribution is 2.16. The number of amides is 1. The predicted octanol–water partition coefficient (Wildman–Crippen LogP) is 1.05. The molecule has 1 heterocycles. The Morgan fingerprint density at radius 1 is 1.35 bits per heavy atom. The summed E-state index contributed by atoms with van der Waals surface area (Å²) in [6.07, 6.45) is 0. The van der Waals surface area contributed by atoms with Crippen molar-refractivity contribution in [1.82, 2.24) is 5.32 Å². The van der Waals surface area contributed by atoms with Gasteiger partial charge in [-0.25, -0.2) is 8.42 Å². The van der Waals surface area contributed by atoms with E-state index in [0.29, 0.717) is 11.4 Å². The summed E-state index contributed by atoms with van der Waals surface area (Å²) in [5.41, 5.74) is 1.13. The van der Waals surface area contributed by atoms with E-state index in [1.54, 1.807) is 43.0 Å². The average molecular weight is 315 g/mol. The van der Waals surface area contributed by atoms with Crippen LogP contribution in [0.25, 0.3) is 0 Å². The third kappa shape index (κ3) is 4.12. The maximum Gasteiger partial charge on any atom is 0.242 e. The summed E-state index contributed by atoms with van der Waals surface area (Å²) in [5.74, 6) is 1.50. The lowest BCUT2D eigenvalue weighted by Crippen LogP contribution is -2.37. The van der Waals surface area contributed by atoms with Gasteiger partial charge < -0.3 is 5.32 Å². The van der Waals surface area contributed by atoms with Crippen LogP contribution in [0.15, 0.2) is 24.3 Å². The van der Waals surface area contributed by atoms with Crippen molar-refractivity contribution in [2.45, 2.75) is 13.0 Å². The van der Waals surface area contributed by atoms with Crippen molar-refractivity contribution in [3.63, 3.8) is 0 Å². The monoisotopic (exact) mass is 315 g/mol. The first-order valence-corrected chi connectivity index (χ1v) is 9.03. The van der Waals surface area contributed by atoms with Crippen LogP contribution in [0.4, 0.5) is 11.4 Å². The van der Waals surface area contributed by atoms with Gasteiger partial charge in [0.2, 0.25) is 15.9 Å². The van der Waals surface area contributed by atoms with E-state index < -0.39 is 10.0 Å². The minimum Gasteiger partial charge on any atom is -0.325 e. The number of sulfonamides is 1. The van der Waals surface area contributed by atoms with Crippen molar-refractivity contribution in [1.29, 1.82) is 0 Å². The van der Waals surface area contributed by atoms with E-state index in [1.807, 2.05) is 0 Å². The van der Waals surface area contributed by atoms with E-state index in [0.717, 1.165) is 11.6 Å². The van der Waals surface area contributed by atoms with Crippen molar-refractivity contribution in [2.24, 2.45) is 0 Å². The molecule has 0 radical (unpaired) electrons. The van der Waals surface area contributed by atoms with Crippen LogP contribution in [0, 0.1) is 0 Å². The summed E-state index contributed by atoms with van der Waals surface area (Å²) in [5, 5.41) is 5.88. The topological polar surface area (TPSA) is 87.3 Å². The highest BCUT2D eigenvalue weighted by Gasteiger charge is 2.22. The van der Waals surface area contributed by atoms with Crippen molar-refractivity contribution in [2.75, 3.05) is 27.4 Å². The molecule has 110 valence electrons. The molecule has 0 saturated carbocycles. The molecule has 1 unspecified atom stereocenters. The Labute approximate surface area is 122 Å². The Hall–Kier alpha value is -1.25. The van der Waals surface area contributed by atoms with Gasteiger partial charge in [0.25, 0.3) is 0 Å². The molecule has 20 heavy (non-hydrogen) atoms. The van der Waals surface area contributed by atoms with Gasteiger partial charge in [-0.2, -0.15) is 0 Å². The third-order valence-corrected chi connectivity index (χ3v) is 5.09. The molecule has 1 aliphatic rings. The van der Waals surface area contributed by atoms with Crippen molar-refractivity contribution in [3.8, 4) is 0 Å². The summed E-state index contributed by atoms with van der Waals surface area (Å²) in [6, 6.07) is 6.43. The van der Waals surface area contributed by atoms with E-state index in [-0.39, 0.29) is 17.7 Å². The summed E-state index contributed by atoms with van der Waals surface area (Å²) in [7, 11) is -3.27. The number of hydrogen-bond donors (Lipinski definition) is 3. The van der Waals surface area contributed by atoms with Crippen LogP contribution in [0.2, 0.25) is 0 Å². The number of rotatable bonds is 5. The van der Waals surface area contributed by atoms with Crippen LogP contribution in [-0.2, 0) is 14.8 Å². The van der Waals surface area contributed by atoms with Gasteiger partial charge in [0, 0.05) is 23.0 Å². The molecule has 1 aliphatic heterocycles. The molecule has 3 N–H and O–H groups in total. The fourth-order valence-corrected chi connectivity index (χ4v) is 3.25. The minimum absolute atomic E-state index is 0.0243. The van der Waals surface area contributed by atoms with Gasteiger partial charge in [-0.15, -0.1) is 11.8 Å². The number of carbonyl (C=O) groups is 1. The van der Waals surface area contributed by atoms with E-state index in [9.17, 15) is 13.2 Å². The molecule has 1 aromatic carbocycles. The van der Waals surface area contributed by atoms with Crippen molar-refractivity contribution in [3.05, 3.63) is 24.3 Å². The summed E-state index contributed by atoms with van der Waals surface area (Å²) in [4.78, 5) is 11.9. The first-order chi connectivity index (χ1) is 9.50. The highest BCUT2D eigenvalue weighted by atomic mass is 32.2. The van der Waals surface area contributed by atoms with Gasteiger partial charge >= 0.3 is 0 Å². The lowest BCUT2D eigenvalue weighted by atomic mass is 10.2. The largest absolute Gasteiger partial charge is 0.325 e. The lowest BCUT2D eigenvalue weighted by molar-refractivity contribution is -0.117. The van der Waals surface area contributed by atoms with Crippen LogP contribution in [0.5, 0.6) is 0 Å². The van der Waals surface area contributed by atoms with E-state index >= 15 is 0 Å². The van der Waals surface area contributed by atoms with E-state index in [1.165, 1.54) is 0 Å². The minimum atomic E-state index is -3.27. The number of nitrogens with one attached hydrogen (secondary N) is 3. The number of hydrogen-bond acceptors (Lipinski definition) is 5. The fourth-order valence-electron chi connectivity index (χ4n) is 1.67. The van der Waals surface area contributed by atoms with E-state index in [2.05, 4.69) is 15.4 Å². The van der Waals surface area contributed by atoms with Crippen LogP contribution in [-0.4, -0.2) is 37.7 Å². The van der Waals surface area contributed by atoms with Crippen LogP contribution < -0.4 is 15.4 Å². The number of anilines is 2. The second-order valence-corrected chi connectivity index (χ2v) is 7.39. The van der Waals surface area contributed by atoms with Gasteiger partial charge in [0.15, 0.2) is 0 Å². The Morgan fingerprint density at radius 3 is 2.55 bits per heavy atom. The Balaban J connectivity index is 1.96. The summed E-state index contributed by atoms with van der Waals surface area (Å²) in [6.45, 7) is 1.57. The predicted molar refractivity (Wildman–Crippen MR) is 82.4 cm³/mol. The quantitative estimate of drug-likeness (QED) is 0.756. The van der Waals surface area contributed by atoms with Crippen molar-refractivity contribution < 1.29 is 13.2 Å². The van der Waals surface area contributed by atoms with Gasteiger partial charge in [0.05, 0.1) is 11.8 Å². The van der Waals surface area contributed by atoms with Crippen LogP contribution in [0.3, 0.4) is 0 Å². The van der Waals surface area contributed by atoms with Crippen LogP contribution >= 0.6 is 11.8 Å². The molecule has 1 atom stereocenters. The highest BCUT2D eigenvalue weighted by molar-refractivity contribution is 7.99. The number of thioether (sulfide) groups is 1. The smallest absolute Gasteiger partial charge is 0.242 e. The summed E-state index contributed by atoms with van der Waals surface area (Å²) < 4.78 is 25.3. The number of carbonyl (C=O) groups excluding carboxylic acids is 1. The maximum atomic E-state index is 11.9. The maximum absolute atomic E-state index is 11.9. The molecule has 8 heteroatoms. The average Bonchev–Trinajstić information content (AvgIpc) is 2.95. The Kier molecular flexibility index (Phi) is 4.90. The Morgan fingerprint density at radius 2 is 2.00 bits per heavy atom. The van der Waals surface area contributed by atoms with Gasteiger partial charge in [-0.1, -0.05) is 0 Å². The second kappa shape index (κ2) is 6.47. The van der Waals surface area contributed by atoms with E-state index in [4.69, 9.17) is 0 Å². The molecule has 2 rings (SSSR count). The van der Waals surface area contributed by atoms with Crippen molar-refractivity contribution >= 4 is 39.1 Å². The molecule has 0 aromatic heterocycles. The zero-order valence-corrected chi connectivity index (χ0v) is 12.7. The molecule has 1 aromatic rings. The van der Waals surface area contributed by atoms with Crippen LogP contribution in [0.1, 0.15) is 6.92 Å². The fraction of sp³-hybridized carbons (Fsp3) is 0.417. The Bertz CT molecular complexity index is 566. The molecule has 1 fully saturated rings. The molecule has 0 spiro atoms. The first-order valence-electron chi connectivity index (χ1n) is 6.23. The molecule has 1 saturated heterocycles. The van der Waals surface area contributed by atoms with Gasteiger partial charge in [-0.3, -0.25) is 14.8 Å². The number of benzene rings is 1. The van der Waals surface area contributed by atoms with Gasteiger partial charge in [-0.05, 0) is 31.2 Å². The molecular formula is C12H17N3O3S2. The van der Waals surface area contributed by atoms with Gasteiger partial charge in [0.1, 0.15) is 0 Å². The molecule has 0 aliphatic carbocycles. The second-order valence-electron chi connectivity index (χ2n) is 4.34. The summed E-state index contributed by atoms with van der Waals surface area (Å²) >= 11 is 1.68. The molecule has 6 nitrogen and oxygen atoms in total. The molecular weight excluding hydrogens is 298 g/mol. The lowest BCUT2D eigenvalue weighted by Gasteiger charge is -2.11. The SMILES string of the molecule is CCS(=O)(=O)Nc1ccc(NC(=O)C2CSCN2)cc1. The molecule has 1 amide bonds. The zero-order chi connectivity index (χ0) is 14.6. The third-order valence-electron chi connectivity index (χ3n) is 2.84. The normalized spacial score (nSPS) is 18.8. The molecule has 0 bridgehead atoms. The zero-order valence-electron chi connectivity index (χ0n) is 11.0. The first kappa shape index (κ1) is 15.1.